The summed E-state index contributed by atoms with van der Waals surface area (Å²) in [6, 6.07) is 4.98. The zero-order chi connectivity index (χ0) is 18.4. The van der Waals surface area contributed by atoms with Crippen molar-refractivity contribution in [3.05, 3.63) is 29.6 Å². The van der Waals surface area contributed by atoms with Crippen molar-refractivity contribution in [1.82, 2.24) is 15.1 Å². The minimum Gasteiger partial charge on any atom is -0.494 e. The lowest BCUT2D eigenvalue weighted by Gasteiger charge is -2.24. The molecule has 0 unspecified atom stereocenters. The molecule has 0 atom stereocenters. The molecule has 0 spiro atoms. The van der Waals surface area contributed by atoms with Crippen molar-refractivity contribution in [2.75, 3.05) is 33.8 Å². The maximum Gasteiger partial charge on any atom is 0.237 e. The van der Waals surface area contributed by atoms with Crippen LogP contribution in [0.4, 0.5) is 4.39 Å². The van der Waals surface area contributed by atoms with E-state index in [1.807, 2.05) is 6.92 Å². The van der Waals surface area contributed by atoms with Crippen LogP contribution >= 0.6 is 0 Å². The Morgan fingerprint density at radius 1 is 1.32 bits per heavy atom. The molecule has 1 aliphatic carbocycles. The maximum atomic E-state index is 13.8. The zero-order valence-corrected chi connectivity index (χ0v) is 15.0. The number of likely N-dealkylation sites (N-methyl/N-ethyl adjacent to an activating group) is 2. The number of rotatable bonds is 9. The molecule has 0 saturated heterocycles. The molecule has 1 aliphatic rings. The van der Waals surface area contributed by atoms with Gasteiger partial charge in [0.25, 0.3) is 0 Å². The van der Waals surface area contributed by atoms with Crippen LogP contribution in [0.25, 0.3) is 0 Å². The molecule has 0 radical (unpaired) electrons. The molecule has 0 aliphatic heterocycles. The van der Waals surface area contributed by atoms with Crippen molar-refractivity contribution in [2.24, 2.45) is 0 Å². The lowest BCUT2D eigenvalue weighted by atomic mass is 10.2. The second-order valence-electron chi connectivity index (χ2n) is 6.39. The highest BCUT2D eigenvalue weighted by Crippen LogP contribution is 2.19. The molecule has 0 heterocycles. The fourth-order valence-electron chi connectivity index (χ4n) is 2.54. The molecule has 0 aromatic heterocycles. The van der Waals surface area contributed by atoms with Gasteiger partial charge in [0.2, 0.25) is 11.8 Å². The molecule has 2 rings (SSSR count). The molecule has 1 N–H and O–H groups in total. The number of hydrogen-bond acceptors (Lipinski definition) is 4. The Kier molecular flexibility index (Phi) is 6.75. The second-order valence-corrected chi connectivity index (χ2v) is 6.39. The van der Waals surface area contributed by atoms with Gasteiger partial charge in [0.1, 0.15) is 0 Å². The van der Waals surface area contributed by atoms with Gasteiger partial charge in [-0.1, -0.05) is 6.07 Å². The van der Waals surface area contributed by atoms with Gasteiger partial charge in [-0.15, -0.1) is 0 Å². The summed E-state index contributed by atoms with van der Waals surface area (Å²) in [6.07, 6.45) is 2.08. The van der Waals surface area contributed by atoms with Crippen molar-refractivity contribution in [2.45, 2.75) is 32.4 Å². The Labute approximate surface area is 147 Å². The highest BCUT2D eigenvalue weighted by atomic mass is 19.1. The predicted octanol–water partition coefficient (Wildman–Crippen LogP) is 1.39. The number of ether oxygens (including phenoxy) is 1. The third-order valence-corrected chi connectivity index (χ3v) is 4.09. The quantitative estimate of drug-likeness (QED) is 0.730. The molecule has 138 valence electrons. The standard InChI is InChI=1S/C18H26FN3O3/c1-4-22(10-13-5-8-16(25-3)15(19)9-13)18(24)12-21(2)11-17(23)20-14-6-7-14/h5,8-9,14H,4,6-7,10-12H2,1-3H3,(H,20,23). The third kappa shape index (κ3) is 6.01. The molecule has 0 bridgehead atoms. The Morgan fingerprint density at radius 3 is 2.60 bits per heavy atom. The van der Waals surface area contributed by atoms with Crippen LogP contribution in [0.15, 0.2) is 18.2 Å². The molecule has 1 saturated carbocycles. The molecular formula is C18H26FN3O3. The summed E-state index contributed by atoms with van der Waals surface area (Å²) in [5.74, 6) is -0.421. The minimum atomic E-state index is -0.447. The number of carbonyl (C=O) groups excluding carboxylic acids is 2. The van der Waals surface area contributed by atoms with Gasteiger partial charge in [-0.2, -0.15) is 0 Å². The van der Waals surface area contributed by atoms with Gasteiger partial charge in [0.15, 0.2) is 11.6 Å². The average Bonchev–Trinajstić information content (AvgIpc) is 3.36. The van der Waals surface area contributed by atoms with Crippen LogP contribution in [0, 0.1) is 5.82 Å². The largest absolute Gasteiger partial charge is 0.494 e. The van der Waals surface area contributed by atoms with Gasteiger partial charge in [-0.25, -0.2) is 4.39 Å². The second kappa shape index (κ2) is 8.80. The van der Waals surface area contributed by atoms with Crippen molar-refractivity contribution in [3.8, 4) is 5.75 Å². The zero-order valence-electron chi connectivity index (χ0n) is 15.0. The Morgan fingerprint density at radius 2 is 2.04 bits per heavy atom. The van der Waals surface area contributed by atoms with E-state index in [1.54, 1.807) is 29.0 Å². The van der Waals surface area contributed by atoms with Crippen LogP contribution in [0.3, 0.4) is 0 Å². The summed E-state index contributed by atoms with van der Waals surface area (Å²) in [5, 5.41) is 2.90. The molecule has 25 heavy (non-hydrogen) atoms. The van der Waals surface area contributed by atoms with Crippen LogP contribution in [-0.2, 0) is 16.1 Å². The predicted molar refractivity (Wildman–Crippen MR) is 92.7 cm³/mol. The number of nitrogens with one attached hydrogen (secondary N) is 1. The summed E-state index contributed by atoms with van der Waals surface area (Å²) in [6.45, 7) is 3.03. The number of amides is 2. The van der Waals surface area contributed by atoms with E-state index in [9.17, 15) is 14.0 Å². The first-order valence-corrected chi connectivity index (χ1v) is 8.51. The molecular weight excluding hydrogens is 325 g/mol. The highest BCUT2D eigenvalue weighted by Gasteiger charge is 2.24. The Bertz CT molecular complexity index is 620. The smallest absolute Gasteiger partial charge is 0.237 e. The van der Waals surface area contributed by atoms with Gasteiger partial charge in [-0.05, 0) is 44.5 Å². The number of methoxy groups -OCH3 is 1. The molecule has 1 aromatic rings. The van der Waals surface area contributed by atoms with Crippen molar-refractivity contribution in [3.63, 3.8) is 0 Å². The molecule has 6 nitrogen and oxygen atoms in total. The van der Waals surface area contributed by atoms with E-state index in [1.165, 1.54) is 13.2 Å². The number of hydrogen-bond donors (Lipinski definition) is 1. The summed E-state index contributed by atoms with van der Waals surface area (Å²) >= 11 is 0. The van der Waals surface area contributed by atoms with E-state index in [0.29, 0.717) is 24.7 Å². The van der Waals surface area contributed by atoms with Crippen molar-refractivity contribution in [1.29, 1.82) is 0 Å². The topological polar surface area (TPSA) is 61.9 Å². The van der Waals surface area contributed by atoms with Gasteiger partial charge in [-0.3, -0.25) is 14.5 Å². The van der Waals surface area contributed by atoms with Gasteiger partial charge in [0.05, 0.1) is 20.2 Å². The SMILES string of the molecule is CCN(Cc1ccc(OC)c(F)c1)C(=O)CN(C)CC(=O)NC1CC1. The van der Waals surface area contributed by atoms with Gasteiger partial charge >= 0.3 is 0 Å². The van der Waals surface area contributed by atoms with Crippen LogP contribution in [-0.4, -0.2) is 61.4 Å². The fourth-order valence-corrected chi connectivity index (χ4v) is 2.54. The number of carbonyl (C=O) groups is 2. The lowest BCUT2D eigenvalue weighted by molar-refractivity contribution is -0.133. The van der Waals surface area contributed by atoms with E-state index in [0.717, 1.165) is 12.8 Å². The van der Waals surface area contributed by atoms with Crippen molar-refractivity contribution < 1.29 is 18.7 Å². The normalized spacial score (nSPS) is 13.6. The minimum absolute atomic E-state index is 0.0573. The Hall–Kier alpha value is -2.15. The summed E-state index contributed by atoms with van der Waals surface area (Å²) in [7, 11) is 3.15. The lowest BCUT2D eigenvalue weighted by Crippen LogP contribution is -2.42. The maximum absolute atomic E-state index is 13.8. The van der Waals surface area contributed by atoms with E-state index >= 15 is 0 Å². The van der Waals surface area contributed by atoms with Crippen LogP contribution in [0.2, 0.25) is 0 Å². The van der Waals surface area contributed by atoms with Gasteiger partial charge < -0.3 is 15.0 Å². The monoisotopic (exact) mass is 351 g/mol. The Balaban J connectivity index is 1.86. The molecule has 1 aromatic carbocycles. The van der Waals surface area contributed by atoms with Crippen LogP contribution < -0.4 is 10.1 Å². The van der Waals surface area contributed by atoms with E-state index in [4.69, 9.17) is 4.74 Å². The van der Waals surface area contributed by atoms with Crippen LogP contribution in [0.1, 0.15) is 25.3 Å². The van der Waals surface area contributed by atoms with Gasteiger partial charge in [0, 0.05) is 19.1 Å². The van der Waals surface area contributed by atoms with E-state index in [2.05, 4.69) is 5.32 Å². The highest BCUT2D eigenvalue weighted by molar-refractivity contribution is 5.81. The number of benzene rings is 1. The first-order valence-electron chi connectivity index (χ1n) is 8.51. The first kappa shape index (κ1) is 19.2. The van der Waals surface area contributed by atoms with Crippen molar-refractivity contribution >= 4 is 11.8 Å². The van der Waals surface area contributed by atoms with E-state index in [-0.39, 0.29) is 30.7 Å². The van der Waals surface area contributed by atoms with E-state index < -0.39 is 5.82 Å². The summed E-state index contributed by atoms with van der Waals surface area (Å²) < 4.78 is 18.7. The molecule has 1 fully saturated rings. The average molecular weight is 351 g/mol. The fraction of sp³-hybridized carbons (Fsp3) is 0.556. The summed E-state index contributed by atoms with van der Waals surface area (Å²) in [5.41, 5.74) is 0.697. The first-order chi connectivity index (χ1) is 11.9. The number of halogens is 1. The molecule has 7 heteroatoms. The summed E-state index contributed by atoms with van der Waals surface area (Å²) in [4.78, 5) is 27.6. The van der Waals surface area contributed by atoms with Crippen LogP contribution in [0.5, 0.6) is 5.75 Å². The molecule has 2 amide bonds. The third-order valence-electron chi connectivity index (χ3n) is 4.09. The number of nitrogens with zero attached hydrogens (tertiary/aromatic N) is 2.